The molecule has 1 aliphatic heterocycles. The zero-order chi connectivity index (χ0) is 17.1. The number of nitro groups is 1. The van der Waals surface area contributed by atoms with Crippen LogP contribution in [0.15, 0.2) is 18.3 Å². The predicted molar refractivity (Wildman–Crippen MR) is 97.4 cm³/mol. The number of aromatic nitrogens is 1. The van der Waals surface area contributed by atoms with E-state index in [4.69, 9.17) is 11.6 Å². The van der Waals surface area contributed by atoms with E-state index in [1.807, 2.05) is 13.0 Å². The van der Waals surface area contributed by atoms with Crippen LogP contribution in [0.5, 0.6) is 0 Å². The van der Waals surface area contributed by atoms with Crippen LogP contribution in [-0.2, 0) is 6.54 Å². The fourth-order valence-electron chi connectivity index (χ4n) is 2.72. The largest absolute Gasteiger partial charge is 0.380 e. The maximum absolute atomic E-state index is 11.4. The molecule has 0 aliphatic carbocycles. The first-order valence-electron chi connectivity index (χ1n) is 7.63. The van der Waals surface area contributed by atoms with Gasteiger partial charge in [0, 0.05) is 49.0 Å². The quantitative estimate of drug-likeness (QED) is 0.624. The molecule has 0 unspecified atom stereocenters. The van der Waals surface area contributed by atoms with Gasteiger partial charge >= 0.3 is 0 Å². The summed E-state index contributed by atoms with van der Waals surface area (Å²) < 4.78 is 0.508. The molecule has 24 heavy (non-hydrogen) atoms. The lowest BCUT2D eigenvalue weighted by Crippen LogP contribution is -2.43. The Morgan fingerprint density at radius 3 is 2.83 bits per heavy atom. The third-order valence-electron chi connectivity index (χ3n) is 3.95. The van der Waals surface area contributed by atoms with E-state index in [1.165, 1.54) is 11.3 Å². The Hall–Kier alpha value is -1.90. The number of nitrogens with one attached hydrogen (secondary N) is 2. The van der Waals surface area contributed by atoms with Crippen LogP contribution in [0.25, 0.3) is 0 Å². The number of thiazole rings is 1. The van der Waals surface area contributed by atoms with Crippen molar-refractivity contribution in [1.29, 1.82) is 0 Å². The molecule has 1 aromatic carbocycles. The first-order chi connectivity index (χ1) is 11.5. The number of halogens is 1. The average Bonchev–Trinajstić information content (AvgIpc) is 2.99. The number of aryl methyl sites for hydroxylation is 1. The zero-order valence-electron chi connectivity index (χ0n) is 13.2. The molecule has 0 spiro atoms. The van der Waals surface area contributed by atoms with Gasteiger partial charge in [-0.1, -0.05) is 11.6 Å². The smallest absolute Gasteiger partial charge is 0.292 e. The highest BCUT2D eigenvalue weighted by Crippen LogP contribution is 2.34. The van der Waals surface area contributed by atoms with E-state index >= 15 is 0 Å². The van der Waals surface area contributed by atoms with Gasteiger partial charge in [0.1, 0.15) is 5.69 Å². The summed E-state index contributed by atoms with van der Waals surface area (Å²) in [6, 6.07) is 3.51. The number of hydrogen-bond donors (Lipinski definition) is 2. The molecule has 128 valence electrons. The number of nitrogens with zero attached hydrogens (tertiary/aromatic N) is 3. The van der Waals surface area contributed by atoms with Gasteiger partial charge in [-0.2, -0.15) is 0 Å². The Morgan fingerprint density at radius 2 is 2.21 bits per heavy atom. The number of anilines is 2. The van der Waals surface area contributed by atoms with Gasteiger partial charge in [0.2, 0.25) is 0 Å². The molecule has 7 nitrogen and oxygen atoms in total. The molecular formula is C15H18ClN5O2S. The van der Waals surface area contributed by atoms with Crippen molar-refractivity contribution in [2.24, 2.45) is 0 Å². The Bertz CT molecular complexity index is 745. The van der Waals surface area contributed by atoms with E-state index in [0.717, 1.165) is 42.3 Å². The Morgan fingerprint density at radius 1 is 1.46 bits per heavy atom. The molecule has 0 bridgehead atoms. The summed E-state index contributed by atoms with van der Waals surface area (Å²) in [6.07, 6.45) is 1.73. The van der Waals surface area contributed by atoms with E-state index < -0.39 is 0 Å². The van der Waals surface area contributed by atoms with Crippen molar-refractivity contribution < 1.29 is 4.92 Å². The van der Waals surface area contributed by atoms with Crippen molar-refractivity contribution in [2.45, 2.75) is 13.5 Å². The molecule has 0 amide bonds. The second kappa shape index (κ2) is 7.33. The first kappa shape index (κ1) is 16.9. The van der Waals surface area contributed by atoms with Crippen LogP contribution in [0.2, 0.25) is 4.47 Å². The van der Waals surface area contributed by atoms with Gasteiger partial charge in [-0.25, -0.2) is 4.98 Å². The van der Waals surface area contributed by atoms with E-state index in [9.17, 15) is 10.1 Å². The molecule has 0 saturated carbocycles. The number of hydrogen-bond acceptors (Lipinski definition) is 7. The highest BCUT2D eigenvalue weighted by atomic mass is 35.5. The summed E-state index contributed by atoms with van der Waals surface area (Å²) in [5.41, 5.74) is 2.55. The van der Waals surface area contributed by atoms with Crippen LogP contribution in [0, 0.1) is 17.0 Å². The van der Waals surface area contributed by atoms with Gasteiger partial charge in [0.15, 0.2) is 4.47 Å². The minimum Gasteiger partial charge on any atom is -0.380 e. The fourth-order valence-corrected chi connectivity index (χ4v) is 3.64. The van der Waals surface area contributed by atoms with Crippen LogP contribution in [-0.4, -0.2) is 36.1 Å². The van der Waals surface area contributed by atoms with Gasteiger partial charge in [-0.05, 0) is 18.6 Å². The number of benzene rings is 1. The Balaban J connectivity index is 1.87. The molecule has 1 fully saturated rings. The summed E-state index contributed by atoms with van der Waals surface area (Å²) in [6.45, 7) is 5.63. The molecule has 2 aromatic rings. The molecule has 2 heterocycles. The van der Waals surface area contributed by atoms with Crippen molar-refractivity contribution in [1.82, 2.24) is 10.3 Å². The summed E-state index contributed by atoms with van der Waals surface area (Å²) in [7, 11) is 0. The minimum absolute atomic E-state index is 0.154. The van der Waals surface area contributed by atoms with Crippen molar-refractivity contribution >= 4 is 40.0 Å². The average molecular weight is 368 g/mol. The minimum atomic E-state index is -0.308. The molecule has 1 saturated heterocycles. The van der Waals surface area contributed by atoms with E-state index in [-0.39, 0.29) is 10.6 Å². The first-order valence-corrected chi connectivity index (χ1v) is 8.83. The van der Waals surface area contributed by atoms with Crippen molar-refractivity contribution in [3.63, 3.8) is 0 Å². The molecule has 0 radical (unpaired) electrons. The molecule has 2 N–H and O–H groups in total. The van der Waals surface area contributed by atoms with Crippen LogP contribution >= 0.6 is 22.9 Å². The van der Waals surface area contributed by atoms with Gasteiger partial charge in [0.05, 0.1) is 11.5 Å². The molecule has 0 atom stereocenters. The Kier molecular flexibility index (Phi) is 5.17. The second-order valence-electron chi connectivity index (χ2n) is 5.58. The lowest BCUT2D eigenvalue weighted by atomic mass is 10.1. The number of piperazine rings is 1. The molecule has 3 rings (SSSR count). The standard InChI is InChI=1S/C15H18ClN5O2S/c1-10-6-14(21(22)23)13(20-4-2-17-3-5-20)7-12(10)18-8-11-9-19-15(16)24-11/h6-7,9,17-18H,2-5,8H2,1H3. The highest BCUT2D eigenvalue weighted by molar-refractivity contribution is 7.15. The SMILES string of the molecule is Cc1cc([N+](=O)[O-])c(N2CCNCC2)cc1NCc1cnc(Cl)s1. The lowest BCUT2D eigenvalue weighted by Gasteiger charge is -2.29. The molecule has 1 aliphatic rings. The summed E-state index contributed by atoms with van der Waals surface area (Å²) in [5.74, 6) is 0. The monoisotopic (exact) mass is 367 g/mol. The third-order valence-corrected chi connectivity index (χ3v) is 5.07. The predicted octanol–water partition coefficient (Wildman–Crippen LogP) is 3.03. The van der Waals surface area contributed by atoms with Crippen molar-refractivity contribution in [3.8, 4) is 0 Å². The lowest BCUT2D eigenvalue weighted by molar-refractivity contribution is -0.384. The fraction of sp³-hybridized carbons (Fsp3) is 0.400. The summed E-state index contributed by atoms with van der Waals surface area (Å²) in [4.78, 5) is 18.2. The Labute approximate surface area is 148 Å². The molecular weight excluding hydrogens is 350 g/mol. The van der Waals surface area contributed by atoms with Gasteiger partial charge in [0.25, 0.3) is 5.69 Å². The molecule has 1 aromatic heterocycles. The number of rotatable bonds is 5. The maximum atomic E-state index is 11.4. The third kappa shape index (κ3) is 3.77. The summed E-state index contributed by atoms with van der Waals surface area (Å²) in [5, 5.41) is 18.0. The van der Waals surface area contributed by atoms with Crippen molar-refractivity contribution in [2.75, 3.05) is 36.4 Å². The maximum Gasteiger partial charge on any atom is 0.292 e. The normalized spacial score (nSPS) is 14.7. The molecule has 9 heteroatoms. The second-order valence-corrected chi connectivity index (χ2v) is 7.28. The van der Waals surface area contributed by atoms with Gasteiger partial charge < -0.3 is 15.5 Å². The van der Waals surface area contributed by atoms with Gasteiger partial charge in [-0.15, -0.1) is 11.3 Å². The van der Waals surface area contributed by atoms with Crippen LogP contribution in [0.1, 0.15) is 10.4 Å². The van der Waals surface area contributed by atoms with Crippen LogP contribution in [0.3, 0.4) is 0 Å². The van der Waals surface area contributed by atoms with E-state index in [1.54, 1.807) is 12.3 Å². The van der Waals surface area contributed by atoms with Crippen molar-refractivity contribution in [3.05, 3.63) is 43.4 Å². The topological polar surface area (TPSA) is 83.3 Å². The van der Waals surface area contributed by atoms with E-state index in [0.29, 0.717) is 16.7 Å². The zero-order valence-corrected chi connectivity index (χ0v) is 14.8. The number of nitro benzene ring substituents is 1. The van der Waals surface area contributed by atoms with Crippen LogP contribution < -0.4 is 15.5 Å². The van der Waals surface area contributed by atoms with Gasteiger partial charge in [-0.3, -0.25) is 10.1 Å². The van der Waals surface area contributed by atoms with Crippen LogP contribution in [0.4, 0.5) is 17.1 Å². The van der Waals surface area contributed by atoms with E-state index in [2.05, 4.69) is 20.5 Å². The summed E-state index contributed by atoms with van der Waals surface area (Å²) >= 11 is 7.27. The highest BCUT2D eigenvalue weighted by Gasteiger charge is 2.23.